The van der Waals surface area contributed by atoms with Gasteiger partial charge in [0.1, 0.15) is 6.04 Å². The SMILES string of the molecule is NC(CCC[C@H](O)C(=O)O)C(=O)O. The maximum Gasteiger partial charge on any atom is 0.332 e. The zero-order valence-corrected chi connectivity index (χ0v) is 7.01. The van der Waals surface area contributed by atoms with E-state index in [1.807, 2.05) is 0 Å². The highest BCUT2D eigenvalue weighted by Crippen LogP contribution is 2.03. The third kappa shape index (κ3) is 5.15. The van der Waals surface area contributed by atoms with Gasteiger partial charge in [-0.2, -0.15) is 0 Å². The summed E-state index contributed by atoms with van der Waals surface area (Å²) in [6, 6.07) is -0.985. The van der Waals surface area contributed by atoms with E-state index >= 15 is 0 Å². The summed E-state index contributed by atoms with van der Waals surface area (Å²) in [4.78, 5) is 20.3. The van der Waals surface area contributed by atoms with Crippen LogP contribution in [0.4, 0.5) is 0 Å². The smallest absolute Gasteiger partial charge is 0.332 e. The van der Waals surface area contributed by atoms with Crippen molar-refractivity contribution in [2.75, 3.05) is 0 Å². The molecule has 0 aromatic heterocycles. The summed E-state index contributed by atoms with van der Waals surface area (Å²) >= 11 is 0. The van der Waals surface area contributed by atoms with Gasteiger partial charge >= 0.3 is 11.9 Å². The Bertz CT molecular complexity index is 173. The number of aliphatic hydroxyl groups excluding tert-OH is 1. The summed E-state index contributed by atoms with van der Waals surface area (Å²) < 4.78 is 0. The van der Waals surface area contributed by atoms with Gasteiger partial charge in [0.2, 0.25) is 0 Å². The molecule has 0 aromatic rings. The van der Waals surface area contributed by atoms with Crippen LogP contribution in [-0.2, 0) is 9.59 Å². The van der Waals surface area contributed by atoms with Crippen LogP contribution in [0.2, 0.25) is 0 Å². The van der Waals surface area contributed by atoms with Gasteiger partial charge in [0, 0.05) is 0 Å². The van der Waals surface area contributed by atoms with Crippen molar-refractivity contribution < 1.29 is 24.9 Å². The number of rotatable bonds is 6. The van der Waals surface area contributed by atoms with Crippen molar-refractivity contribution in [3.63, 3.8) is 0 Å². The minimum atomic E-state index is -1.43. The van der Waals surface area contributed by atoms with Crippen LogP contribution in [0.25, 0.3) is 0 Å². The van der Waals surface area contributed by atoms with E-state index in [1.54, 1.807) is 0 Å². The molecule has 0 aliphatic rings. The van der Waals surface area contributed by atoms with Crippen LogP contribution in [0.1, 0.15) is 19.3 Å². The van der Waals surface area contributed by atoms with E-state index in [4.69, 9.17) is 21.1 Å². The van der Waals surface area contributed by atoms with E-state index in [0.717, 1.165) is 0 Å². The number of aliphatic hydroxyl groups is 1. The maximum atomic E-state index is 10.2. The second-order valence-corrected chi connectivity index (χ2v) is 2.73. The van der Waals surface area contributed by atoms with Gasteiger partial charge in [-0.3, -0.25) is 4.79 Å². The van der Waals surface area contributed by atoms with Crippen molar-refractivity contribution >= 4 is 11.9 Å². The molecule has 0 bridgehead atoms. The minimum Gasteiger partial charge on any atom is -0.480 e. The lowest BCUT2D eigenvalue weighted by molar-refractivity contribution is -0.146. The Morgan fingerprint density at radius 1 is 1.15 bits per heavy atom. The van der Waals surface area contributed by atoms with Crippen LogP contribution in [0.5, 0.6) is 0 Å². The molecule has 0 fully saturated rings. The zero-order chi connectivity index (χ0) is 10.4. The molecular formula is C7H13NO5. The van der Waals surface area contributed by atoms with Crippen molar-refractivity contribution in [1.82, 2.24) is 0 Å². The van der Waals surface area contributed by atoms with Gasteiger partial charge in [0.05, 0.1) is 0 Å². The Morgan fingerprint density at radius 3 is 2.08 bits per heavy atom. The fraction of sp³-hybridized carbons (Fsp3) is 0.714. The molecule has 6 nitrogen and oxygen atoms in total. The quantitative estimate of drug-likeness (QED) is 0.428. The number of carboxylic acids is 2. The van der Waals surface area contributed by atoms with E-state index in [9.17, 15) is 9.59 Å². The van der Waals surface area contributed by atoms with Crippen molar-refractivity contribution in [3.05, 3.63) is 0 Å². The van der Waals surface area contributed by atoms with Crippen LogP contribution < -0.4 is 5.73 Å². The van der Waals surface area contributed by atoms with Crippen LogP contribution in [0.15, 0.2) is 0 Å². The second-order valence-electron chi connectivity index (χ2n) is 2.73. The number of aliphatic carboxylic acids is 2. The lowest BCUT2D eigenvalue weighted by atomic mass is 10.1. The second kappa shape index (κ2) is 5.50. The maximum absolute atomic E-state index is 10.2. The first-order valence-electron chi connectivity index (χ1n) is 3.84. The summed E-state index contributed by atoms with van der Waals surface area (Å²) in [6.07, 6.45) is -0.960. The molecule has 5 N–H and O–H groups in total. The largest absolute Gasteiger partial charge is 0.480 e. The molecule has 0 saturated carbocycles. The lowest BCUT2D eigenvalue weighted by Gasteiger charge is -2.07. The Morgan fingerprint density at radius 2 is 1.69 bits per heavy atom. The number of nitrogens with two attached hydrogens (primary N) is 1. The standard InChI is InChI=1S/C7H13NO5/c8-4(6(10)11)2-1-3-5(9)7(12)13/h4-5,9H,1-3,8H2,(H,10,11)(H,12,13)/t4?,5-/m0/s1. The summed E-state index contributed by atoms with van der Waals surface area (Å²) in [6.45, 7) is 0. The lowest BCUT2D eigenvalue weighted by Crippen LogP contribution is -2.30. The van der Waals surface area contributed by atoms with E-state index in [0.29, 0.717) is 0 Å². The average Bonchev–Trinajstić information content (AvgIpc) is 2.03. The Labute approximate surface area is 75.0 Å². The highest BCUT2D eigenvalue weighted by Gasteiger charge is 2.15. The van der Waals surface area contributed by atoms with Crippen LogP contribution in [0.3, 0.4) is 0 Å². The van der Waals surface area contributed by atoms with E-state index in [2.05, 4.69) is 0 Å². The van der Waals surface area contributed by atoms with Gasteiger partial charge in [-0.15, -0.1) is 0 Å². The van der Waals surface area contributed by atoms with Crippen molar-refractivity contribution in [1.29, 1.82) is 0 Å². The molecule has 76 valence electrons. The van der Waals surface area contributed by atoms with E-state index in [-0.39, 0.29) is 19.3 Å². The molecule has 13 heavy (non-hydrogen) atoms. The first-order chi connectivity index (χ1) is 5.95. The van der Waals surface area contributed by atoms with Gasteiger partial charge in [0.15, 0.2) is 6.10 Å². The number of carbonyl (C=O) groups is 2. The molecule has 0 amide bonds. The predicted molar refractivity (Wildman–Crippen MR) is 43.1 cm³/mol. The molecule has 6 heteroatoms. The Balaban J connectivity index is 3.56. The fourth-order valence-corrected chi connectivity index (χ4v) is 0.778. The molecule has 0 aromatic carbocycles. The normalized spacial score (nSPS) is 14.9. The third-order valence-electron chi connectivity index (χ3n) is 1.59. The minimum absolute atomic E-state index is 0.0241. The molecule has 2 atom stereocenters. The van der Waals surface area contributed by atoms with Crippen LogP contribution in [-0.4, -0.2) is 39.4 Å². The number of carboxylic acid groups (broad SMARTS) is 2. The molecule has 0 spiro atoms. The topological polar surface area (TPSA) is 121 Å². The summed E-state index contributed by atoms with van der Waals surface area (Å²) in [5, 5.41) is 25.4. The third-order valence-corrected chi connectivity index (χ3v) is 1.59. The summed E-state index contributed by atoms with van der Waals surface area (Å²) in [5.74, 6) is -2.42. The van der Waals surface area contributed by atoms with E-state index in [1.165, 1.54) is 0 Å². The Kier molecular flexibility index (Phi) is 5.01. The fourth-order valence-electron chi connectivity index (χ4n) is 0.778. The molecular weight excluding hydrogens is 178 g/mol. The van der Waals surface area contributed by atoms with Gasteiger partial charge in [-0.25, -0.2) is 4.79 Å². The predicted octanol–water partition coefficient (Wildman–Crippen LogP) is -0.986. The molecule has 1 unspecified atom stereocenters. The van der Waals surface area contributed by atoms with Gasteiger partial charge in [-0.1, -0.05) is 0 Å². The first kappa shape index (κ1) is 11.9. The van der Waals surface area contributed by atoms with E-state index < -0.39 is 24.1 Å². The van der Waals surface area contributed by atoms with Gasteiger partial charge in [-0.05, 0) is 19.3 Å². The number of hydrogen-bond acceptors (Lipinski definition) is 4. The Hall–Kier alpha value is -1.14. The molecule has 0 heterocycles. The van der Waals surface area contributed by atoms with Gasteiger partial charge in [0.25, 0.3) is 0 Å². The number of hydrogen-bond donors (Lipinski definition) is 4. The first-order valence-corrected chi connectivity index (χ1v) is 3.84. The highest BCUT2D eigenvalue weighted by molar-refractivity contribution is 5.73. The molecule has 0 saturated heterocycles. The highest BCUT2D eigenvalue weighted by atomic mass is 16.4. The molecule has 0 aliphatic carbocycles. The van der Waals surface area contributed by atoms with Crippen molar-refractivity contribution in [2.24, 2.45) is 5.73 Å². The summed E-state index contributed by atoms with van der Waals surface area (Å²) in [7, 11) is 0. The van der Waals surface area contributed by atoms with Crippen molar-refractivity contribution in [3.8, 4) is 0 Å². The van der Waals surface area contributed by atoms with Crippen LogP contribution in [0, 0.1) is 0 Å². The zero-order valence-electron chi connectivity index (χ0n) is 7.01. The summed E-state index contributed by atoms with van der Waals surface area (Å²) in [5.41, 5.74) is 5.15. The van der Waals surface area contributed by atoms with Crippen molar-refractivity contribution in [2.45, 2.75) is 31.4 Å². The van der Waals surface area contributed by atoms with Crippen LogP contribution >= 0.6 is 0 Å². The molecule has 0 aliphatic heterocycles. The molecule has 0 radical (unpaired) electrons. The molecule has 0 rings (SSSR count). The monoisotopic (exact) mass is 191 g/mol. The van der Waals surface area contributed by atoms with Gasteiger partial charge < -0.3 is 21.1 Å². The average molecular weight is 191 g/mol.